The molecule has 3 rings (SSSR count). The van der Waals surface area contributed by atoms with Gasteiger partial charge in [0, 0.05) is 23.5 Å². The topological polar surface area (TPSA) is 60.7 Å². The van der Waals surface area contributed by atoms with Gasteiger partial charge in [0.15, 0.2) is 0 Å². The predicted molar refractivity (Wildman–Crippen MR) is 85.7 cm³/mol. The lowest BCUT2D eigenvalue weighted by Gasteiger charge is -2.18. The average Bonchev–Trinajstić information content (AvgIpc) is 3.19. The summed E-state index contributed by atoms with van der Waals surface area (Å²) < 4.78 is 16.0. The van der Waals surface area contributed by atoms with Crippen LogP contribution in [0, 0.1) is 5.92 Å². The lowest BCUT2D eigenvalue weighted by molar-refractivity contribution is -0.123. The van der Waals surface area contributed by atoms with Gasteiger partial charge in [-0.2, -0.15) is 0 Å². The van der Waals surface area contributed by atoms with Crippen LogP contribution in [0.4, 0.5) is 0 Å². The van der Waals surface area contributed by atoms with Gasteiger partial charge in [0.1, 0.15) is 17.3 Å². The SMILES string of the molecule is COc1ccc(C(C)NC(=O)C2CC2c2ccco2)c(OC)c1. The average molecular weight is 315 g/mol. The summed E-state index contributed by atoms with van der Waals surface area (Å²) in [6, 6.07) is 9.24. The molecule has 1 saturated carbocycles. The summed E-state index contributed by atoms with van der Waals surface area (Å²) >= 11 is 0. The number of rotatable bonds is 6. The van der Waals surface area contributed by atoms with Gasteiger partial charge in [0.25, 0.3) is 0 Å². The molecule has 1 aliphatic carbocycles. The van der Waals surface area contributed by atoms with Gasteiger partial charge in [-0.25, -0.2) is 0 Å². The van der Waals surface area contributed by atoms with Gasteiger partial charge in [-0.15, -0.1) is 0 Å². The molecule has 3 atom stereocenters. The number of carbonyl (C=O) groups is 1. The van der Waals surface area contributed by atoms with E-state index in [1.54, 1.807) is 20.5 Å². The van der Waals surface area contributed by atoms with E-state index in [4.69, 9.17) is 13.9 Å². The van der Waals surface area contributed by atoms with E-state index < -0.39 is 0 Å². The van der Waals surface area contributed by atoms with Gasteiger partial charge in [-0.05, 0) is 37.6 Å². The second-order valence-corrected chi connectivity index (χ2v) is 5.80. The zero-order valence-electron chi connectivity index (χ0n) is 13.5. The Labute approximate surface area is 135 Å². The molecule has 1 fully saturated rings. The smallest absolute Gasteiger partial charge is 0.224 e. The normalized spacial score (nSPS) is 20.7. The zero-order valence-corrected chi connectivity index (χ0v) is 13.5. The first-order chi connectivity index (χ1) is 11.1. The number of hydrogen-bond donors (Lipinski definition) is 1. The summed E-state index contributed by atoms with van der Waals surface area (Å²) in [6.07, 6.45) is 2.49. The number of carbonyl (C=O) groups excluding carboxylic acids is 1. The summed E-state index contributed by atoms with van der Waals surface area (Å²) in [5.74, 6) is 2.57. The minimum Gasteiger partial charge on any atom is -0.497 e. The Morgan fingerprint density at radius 3 is 2.78 bits per heavy atom. The number of nitrogens with one attached hydrogen (secondary N) is 1. The van der Waals surface area contributed by atoms with Crippen LogP contribution in [0.2, 0.25) is 0 Å². The lowest BCUT2D eigenvalue weighted by atomic mass is 10.1. The largest absolute Gasteiger partial charge is 0.497 e. The van der Waals surface area contributed by atoms with Crippen molar-refractivity contribution in [3.05, 3.63) is 47.9 Å². The molecule has 5 nitrogen and oxygen atoms in total. The molecular formula is C18H21NO4. The molecule has 0 saturated heterocycles. The maximum atomic E-state index is 12.4. The number of amides is 1. The Morgan fingerprint density at radius 1 is 1.30 bits per heavy atom. The fraction of sp³-hybridized carbons (Fsp3) is 0.389. The van der Waals surface area contributed by atoms with Crippen molar-refractivity contribution in [2.75, 3.05) is 14.2 Å². The van der Waals surface area contributed by atoms with E-state index in [1.165, 1.54) is 0 Å². The van der Waals surface area contributed by atoms with Crippen LogP contribution in [0.1, 0.15) is 36.6 Å². The van der Waals surface area contributed by atoms with Crippen LogP contribution >= 0.6 is 0 Å². The quantitative estimate of drug-likeness (QED) is 0.888. The highest BCUT2D eigenvalue weighted by molar-refractivity contribution is 5.83. The highest BCUT2D eigenvalue weighted by atomic mass is 16.5. The minimum absolute atomic E-state index is 0.00663. The molecule has 0 spiro atoms. The molecule has 1 heterocycles. The third kappa shape index (κ3) is 3.18. The second kappa shape index (κ2) is 6.36. The molecule has 1 amide bonds. The van der Waals surface area contributed by atoms with Gasteiger partial charge < -0.3 is 19.2 Å². The zero-order chi connectivity index (χ0) is 16.4. The first-order valence-electron chi connectivity index (χ1n) is 7.69. The van der Waals surface area contributed by atoms with Gasteiger partial charge in [0.2, 0.25) is 5.91 Å². The van der Waals surface area contributed by atoms with E-state index in [-0.39, 0.29) is 23.8 Å². The third-order valence-electron chi connectivity index (χ3n) is 4.30. The van der Waals surface area contributed by atoms with E-state index >= 15 is 0 Å². The predicted octanol–water partition coefficient (Wildman–Crippen LogP) is 3.28. The van der Waals surface area contributed by atoms with Crippen molar-refractivity contribution < 1.29 is 18.7 Å². The van der Waals surface area contributed by atoms with Crippen molar-refractivity contribution in [1.82, 2.24) is 5.32 Å². The first kappa shape index (κ1) is 15.5. The van der Waals surface area contributed by atoms with E-state index in [2.05, 4.69) is 5.32 Å². The van der Waals surface area contributed by atoms with Crippen LogP contribution in [0.15, 0.2) is 41.0 Å². The Hall–Kier alpha value is -2.43. The number of benzene rings is 1. The molecule has 2 aromatic rings. The van der Waals surface area contributed by atoms with Gasteiger partial charge in [0.05, 0.1) is 26.5 Å². The second-order valence-electron chi connectivity index (χ2n) is 5.80. The van der Waals surface area contributed by atoms with Crippen molar-refractivity contribution in [1.29, 1.82) is 0 Å². The Bertz CT molecular complexity index is 680. The number of hydrogen-bond acceptors (Lipinski definition) is 4. The van der Waals surface area contributed by atoms with Crippen molar-refractivity contribution in [3.63, 3.8) is 0 Å². The highest BCUT2D eigenvalue weighted by Gasteiger charge is 2.46. The molecule has 3 unspecified atom stereocenters. The Kier molecular flexibility index (Phi) is 4.28. The van der Waals surface area contributed by atoms with Crippen LogP contribution in [0.5, 0.6) is 11.5 Å². The van der Waals surface area contributed by atoms with Crippen molar-refractivity contribution >= 4 is 5.91 Å². The minimum atomic E-state index is -0.138. The summed E-state index contributed by atoms with van der Waals surface area (Å²) in [6.45, 7) is 1.95. The van der Waals surface area contributed by atoms with Crippen molar-refractivity contribution in [2.24, 2.45) is 5.92 Å². The molecule has 122 valence electrons. The van der Waals surface area contributed by atoms with E-state index in [0.717, 1.165) is 23.5 Å². The molecular weight excluding hydrogens is 294 g/mol. The molecule has 5 heteroatoms. The molecule has 1 aromatic carbocycles. The highest BCUT2D eigenvalue weighted by Crippen LogP contribution is 2.48. The van der Waals surface area contributed by atoms with Gasteiger partial charge >= 0.3 is 0 Å². The maximum absolute atomic E-state index is 12.4. The fourth-order valence-corrected chi connectivity index (χ4v) is 2.88. The lowest BCUT2D eigenvalue weighted by Crippen LogP contribution is -2.28. The molecule has 1 aliphatic rings. The molecule has 0 bridgehead atoms. The van der Waals surface area contributed by atoms with Crippen LogP contribution in [-0.4, -0.2) is 20.1 Å². The van der Waals surface area contributed by atoms with Crippen LogP contribution in [0.3, 0.4) is 0 Å². The number of ether oxygens (including phenoxy) is 2. The Balaban J connectivity index is 1.65. The van der Waals surface area contributed by atoms with Gasteiger partial charge in [-0.1, -0.05) is 0 Å². The van der Waals surface area contributed by atoms with E-state index in [9.17, 15) is 4.79 Å². The molecule has 0 radical (unpaired) electrons. The molecule has 1 N–H and O–H groups in total. The standard InChI is InChI=1S/C18H21NO4/c1-11(13-7-6-12(21-2)9-17(13)22-3)19-18(20)15-10-14(15)16-5-4-8-23-16/h4-9,11,14-15H,10H2,1-3H3,(H,19,20). The summed E-state index contributed by atoms with van der Waals surface area (Å²) in [5, 5.41) is 3.06. The van der Waals surface area contributed by atoms with Crippen LogP contribution < -0.4 is 14.8 Å². The maximum Gasteiger partial charge on any atom is 0.224 e. The molecule has 1 aromatic heterocycles. The van der Waals surface area contributed by atoms with E-state index in [1.807, 2.05) is 37.3 Å². The van der Waals surface area contributed by atoms with E-state index in [0.29, 0.717) is 5.75 Å². The Morgan fingerprint density at radius 2 is 2.13 bits per heavy atom. The summed E-state index contributed by atoms with van der Waals surface area (Å²) in [4.78, 5) is 12.4. The van der Waals surface area contributed by atoms with Crippen LogP contribution in [0.25, 0.3) is 0 Å². The monoisotopic (exact) mass is 315 g/mol. The summed E-state index contributed by atoms with van der Waals surface area (Å²) in [7, 11) is 3.22. The molecule has 23 heavy (non-hydrogen) atoms. The van der Waals surface area contributed by atoms with Crippen molar-refractivity contribution in [2.45, 2.75) is 25.3 Å². The summed E-state index contributed by atoms with van der Waals surface area (Å²) in [5.41, 5.74) is 0.928. The fourth-order valence-electron chi connectivity index (χ4n) is 2.88. The van der Waals surface area contributed by atoms with Gasteiger partial charge in [-0.3, -0.25) is 4.79 Å². The number of methoxy groups -OCH3 is 2. The first-order valence-corrected chi connectivity index (χ1v) is 7.69. The third-order valence-corrected chi connectivity index (χ3v) is 4.30. The molecule has 0 aliphatic heterocycles. The van der Waals surface area contributed by atoms with Crippen LogP contribution in [-0.2, 0) is 4.79 Å². The number of furan rings is 1. The van der Waals surface area contributed by atoms with Crippen molar-refractivity contribution in [3.8, 4) is 11.5 Å².